The molecule has 2 aliphatic heterocycles. The number of aromatic nitrogens is 6. The van der Waals surface area contributed by atoms with Gasteiger partial charge in [-0.05, 0) is 62.1 Å². The molecule has 0 unspecified atom stereocenters. The van der Waals surface area contributed by atoms with E-state index in [9.17, 15) is 19.6 Å². The molecule has 1 aliphatic carbocycles. The number of nitriles is 1. The number of H-pyrrole nitrogens is 1. The lowest BCUT2D eigenvalue weighted by Gasteiger charge is -2.28. The van der Waals surface area contributed by atoms with E-state index in [1.54, 1.807) is 58.9 Å². The Morgan fingerprint density at radius 2 is 1.89 bits per heavy atom. The predicted octanol–water partition coefficient (Wildman–Crippen LogP) is 3.49. The van der Waals surface area contributed by atoms with Crippen molar-refractivity contribution >= 4 is 52.6 Å². The zero-order valence-electron chi connectivity index (χ0n) is 24.0. The van der Waals surface area contributed by atoms with Crippen molar-refractivity contribution in [2.45, 2.75) is 49.6 Å². The summed E-state index contributed by atoms with van der Waals surface area (Å²) >= 11 is 12.6. The first kappa shape index (κ1) is 28.9. The van der Waals surface area contributed by atoms with E-state index in [1.807, 2.05) is 0 Å². The average molecular weight is 646 g/mol. The van der Waals surface area contributed by atoms with Crippen molar-refractivity contribution in [1.29, 1.82) is 5.26 Å². The maximum absolute atomic E-state index is 14.3. The molecule has 2 fully saturated rings. The molecule has 2 N–H and O–H groups in total. The molecular weight excluding hydrogens is 619 g/mol. The number of likely N-dealkylation sites (tertiary alicyclic amines) is 1. The van der Waals surface area contributed by atoms with Gasteiger partial charge in [-0.3, -0.25) is 19.0 Å². The van der Waals surface area contributed by atoms with E-state index >= 15 is 0 Å². The molecule has 45 heavy (non-hydrogen) atoms. The lowest BCUT2D eigenvalue weighted by Crippen LogP contribution is -2.51. The fourth-order valence-corrected chi connectivity index (χ4v) is 6.84. The summed E-state index contributed by atoms with van der Waals surface area (Å²) in [4.78, 5) is 49.6. The van der Waals surface area contributed by atoms with E-state index in [1.165, 1.54) is 11.1 Å². The second-order valence-electron chi connectivity index (χ2n) is 11.8. The van der Waals surface area contributed by atoms with Crippen LogP contribution in [-0.2, 0) is 21.5 Å². The molecule has 228 valence electrons. The number of amides is 3. The summed E-state index contributed by atoms with van der Waals surface area (Å²) in [6, 6.07) is 13.8. The highest BCUT2D eigenvalue weighted by Crippen LogP contribution is 2.44. The summed E-state index contributed by atoms with van der Waals surface area (Å²) in [5.41, 5.74) is -0.536. The fourth-order valence-electron chi connectivity index (χ4n) is 6.32. The van der Waals surface area contributed by atoms with Crippen LogP contribution in [0.1, 0.15) is 59.5 Å². The predicted molar refractivity (Wildman–Crippen MR) is 162 cm³/mol. The third kappa shape index (κ3) is 4.90. The third-order valence-corrected chi connectivity index (χ3v) is 9.22. The van der Waals surface area contributed by atoms with Gasteiger partial charge in [0.2, 0.25) is 11.9 Å². The van der Waals surface area contributed by atoms with Crippen LogP contribution in [0.3, 0.4) is 0 Å². The van der Waals surface area contributed by atoms with Gasteiger partial charge < -0.3 is 10.2 Å². The van der Waals surface area contributed by atoms with Crippen molar-refractivity contribution in [3.63, 3.8) is 0 Å². The van der Waals surface area contributed by atoms with Crippen LogP contribution in [-0.4, -0.2) is 71.4 Å². The van der Waals surface area contributed by atoms with Crippen LogP contribution >= 0.6 is 23.2 Å². The molecule has 3 aliphatic rings. The molecule has 1 saturated carbocycles. The standard InChI is InChI=1S/C30H26Cl2N10O3/c1-29(13-17-2-4-18(14-33)5-3-17)26(44)41(22-11-20(31)10-21(32)12-22)28-34-15-23(42(28)29)25(43)35-30(7-8-30)27(45)40-9-6-19(16-40)24-36-38-39-37-24/h2-5,10-12,15,19H,6-9,13,16H2,1H3,(H,35,43)(H,36,37,38,39)/t19-,29+/m0/s1. The number of aromatic amines is 1. The number of hydrogen-bond acceptors (Lipinski definition) is 8. The van der Waals surface area contributed by atoms with Gasteiger partial charge in [0.15, 0.2) is 5.82 Å². The Balaban J connectivity index is 1.21. The van der Waals surface area contributed by atoms with Crippen LogP contribution in [0.15, 0.2) is 48.7 Å². The highest BCUT2D eigenvalue weighted by molar-refractivity contribution is 6.35. The van der Waals surface area contributed by atoms with Gasteiger partial charge in [0, 0.05) is 35.5 Å². The Hall–Kier alpha value is -4.80. The molecule has 4 aromatic rings. The third-order valence-electron chi connectivity index (χ3n) is 8.78. The van der Waals surface area contributed by atoms with Gasteiger partial charge in [-0.1, -0.05) is 40.5 Å². The average Bonchev–Trinajstić information content (AvgIpc) is 3.47. The summed E-state index contributed by atoms with van der Waals surface area (Å²) in [5, 5.41) is 27.1. The highest BCUT2D eigenvalue weighted by Gasteiger charge is 2.56. The smallest absolute Gasteiger partial charge is 0.270 e. The Kier molecular flexibility index (Phi) is 6.87. The number of benzene rings is 2. The number of nitrogens with zero attached hydrogens (tertiary/aromatic N) is 8. The topological polar surface area (TPSA) is 166 Å². The normalized spacial score (nSPS) is 21.5. The molecule has 15 heteroatoms. The lowest BCUT2D eigenvalue weighted by molar-refractivity contribution is -0.133. The molecule has 2 aromatic carbocycles. The Labute approximate surface area is 267 Å². The fraction of sp³-hybridized carbons (Fsp3) is 0.333. The molecule has 2 atom stereocenters. The van der Waals surface area contributed by atoms with Crippen LogP contribution < -0.4 is 10.2 Å². The van der Waals surface area contributed by atoms with Crippen LogP contribution in [0.2, 0.25) is 10.0 Å². The van der Waals surface area contributed by atoms with Crippen molar-refractivity contribution in [2.75, 3.05) is 18.0 Å². The van der Waals surface area contributed by atoms with E-state index in [-0.39, 0.29) is 35.8 Å². The van der Waals surface area contributed by atoms with Gasteiger partial charge >= 0.3 is 0 Å². The number of fused-ring (bicyclic) bond motifs is 1. The maximum Gasteiger partial charge on any atom is 0.270 e. The van der Waals surface area contributed by atoms with Crippen molar-refractivity contribution in [3.8, 4) is 6.07 Å². The lowest BCUT2D eigenvalue weighted by atomic mass is 9.91. The molecule has 2 aromatic heterocycles. The molecule has 13 nitrogen and oxygen atoms in total. The SMILES string of the molecule is C[C@@]1(Cc2ccc(C#N)cc2)C(=O)N(c2cc(Cl)cc(Cl)c2)c2ncc(C(=O)NC3(C(=O)N4CC[C@H](c5nn[nH]n5)C4)CC3)n21. The first-order chi connectivity index (χ1) is 21.6. The van der Waals surface area contributed by atoms with Crippen molar-refractivity contribution < 1.29 is 14.4 Å². The van der Waals surface area contributed by atoms with Gasteiger partial charge in [0.1, 0.15) is 16.8 Å². The highest BCUT2D eigenvalue weighted by atomic mass is 35.5. The number of halogens is 2. The van der Waals surface area contributed by atoms with E-state index in [4.69, 9.17) is 23.2 Å². The second-order valence-corrected chi connectivity index (χ2v) is 12.7. The minimum atomic E-state index is -1.30. The number of carbonyl (C=O) groups excluding carboxylic acids is 3. The van der Waals surface area contributed by atoms with E-state index in [0.29, 0.717) is 59.5 Å². The molecule has 3 amide bonds. The van der Waals surface area contributed by atoms with Crippen molar-refractivity contribution in [2.24, 2.45) is 0 Å². The first-order valence-corrected chi connectivity index (χ1v) is 15.1. The molecule has 0 spiro atoms. The van der Waals surface area contributed by atoms with Crippen LogP contribution in [0.4, 0.5) is 11.6 Å². The zero-order chi connectivity index (χ0) is 31.5. The van der Waals surface area contributed by atoms with Crippen LogP contribution in [0, 0.1) is 11.3 Å². The summed E-state index contributed by atoms with van der Waals surface area (Å²) < 4.78 is 1.61. The van der Waals surface area contributed by atoms with Gasteiger partial charge in [0.25, 0.3) is 11.8 Å². The van der Waals surface area contributed by atoms with Gasteiger partial charge in [0.05, 0.1) is 23.5 Å². The Bertz CT molecular complexity index is 1860. The zero-order valence-corrected chi connectivity index (χ0v) is 25.5. The quantitative estimate of drug-likeness (QED) is 0.308. The van der Waals surface area contributed by atoms with Gasteiger partial charge in [-0.25, -0.2) is 9.88 Å². The summed E-state index contributed by atoms with van der Waals surface area (Å²) in [6.07, 6.45) is 3.30. The minimum Gasteiger partial charge on any atom is -0.340 e. The minimum absolute atomic E-state index is 0.0304. The maximum atomic E-state index is 14.3. The summed E-state index contributed by atoms with van der Waals surface area (Å²) in [5.74, 6) is -0.265. The number of rotatable bonds is 7. The van der Waals surface area contributed by atoms with E-state index in [0.717, 1.165) is 5.56 Å². The molecular formula is C30H26Cl2N10O3. The number of nitrogens with one attached hydrogen (secondary N) is 2. The monoisotopic (exact) mass is 644 g/mol. The van der Waals surface area contributed by atoms with Crippen LogP contribution in [0.25, 0.3) is 0 Å². The van der Waals surface area contributed by atoms with Crippen molar-refractivity contribution in [3.05, 3.63) is 81.4 Å². The molecule has 1 saturated heterocycles. The molecule has 4 heterocycles. The second kappa shape index (κ2) is 10.7. The van der Waals surface area contributed by atoms with Gasteiger partial charge in [-0.2, -0.15) is 10.5 Å². The molecule has 0 bridgehead atoms. The first-order valence-electron chi connectivity index (χ1n) is 14.3. The van der Waals surface area contributed by atoms with Crippen LogP contribution in [0.5, 0.6) is 0 Å². The number of tetrazole rings is 1. The number of imidazole rings is 1. The number of anilines is 2. The van der Waals surface area contributed by atoms with E-state index in [2.05, 4.69) is 37.0 Å². The van der Waals surface area contributed by atoms with Crippen molar-refractivity contribution in [1.82, 2.24) is 40.4 Å². The summed E-state index contributed by atoms with van der Waals surface area (Å²) in [7, 11) is 0. The number of carbonyl (C=O) groups is 3. The van der Waals surface area contributed by atoms with Gasteiger partial charge in [-0.15, -0.1) is 10.2 Å². The molecule has 0 radical (unpaired) electrons. The largest absolute Gasteiger partial charge is 0.340 e. The molecule has 7 rings (SSSR count). The number of hydrogen-bond donors (Lipinski definition) is 2. The Morgan fingerprint density at radius 1 is 1.16 bits per heavy atom. The summed E-state index contributed by atoms with van der Waals surface area (Å²) in [6.45, 7) is 2.69. The van der Waals surface area contributed by atoms with E-state index < -0.39 is 17.0 Å². The Morgan fingerprint density at radius 3 is 2.53 bits per heavy atom.